The number of aliphatic imine (C=N–C) groups is 1. The number of ether oxygens (including phenoxy) is 1. The van der Waals surface area contributed by atoms with Gasteiger partial charge < -0.3 is 15.4 Å². The molecule has 0 aliphatic rings. The molecule has 0 aliphatic heterocycles. The number of aryl methyl sites for hydroxylation is 1. The van der Waals surface area contributed by atoms with Gasteiger partial charge in [-0.1, -0.05) is 12.1 Å². The van der Waals surface area contributed by atoms with E-state index in [0.717, 1.165) is 30.4 Å². The maximum Gasteiger partial charge on any atom is 0.191 e. The summed E-state index contributed by atoms with van der Waals surface area (Å²) >= 11 is 1.81. The molecule has 2 N–H and O–H groups in total. The van der Waals surface area contributed by atoms with Crippen molar-refractivity contribution >= 4 is 17.3 Å². The first-order chi connectivity index (χ1) is 10.7. The molecular weight excluding hydrogens is 294 g/mol. The molecule has 1 aromatic heterocycles. The van der Waals surface area contributed by atoms with Crippen LogP contribution < -0.4 is 15.4 Å². The van der Waals surface area contributed by atoms with E-state index in [4.69, 9.17) is 4.74 Å². The van der Waals surface area contributed by atoms with Gasteiger partial charge in [-0.2, -0.15) is 0 Å². The topological polar surface area (TPSA) is 45.7 Å². The molecule has 0 atom stereocenters. The van der Waals surface area contributed by atoms with Crippen LogP contribution in [0.5, 0.6) is 5.75 Å². The number of rotatable bonds is 6. The van der Waals surface area contributed by atoms with E-state index in [1.54, 1.807) is 18.4 Å². The van der Waals surface area contributed by atoms with Crippen molar-refractivity contribution in [3.8, 4) is 5.75 Å². The van der Waals surface area contributed by atoms with Crippen LogP contribution in [-0.2, 0) is 13.1 Å². The van der Waals surface area contributed by atoms with Crippen LogP contribution in [-0.4, -0.2) is 19.6 Å². The average molecular weight is 317 g/mol. The number of hydrogen-bond donors (Lipinski definition) is 2. The zero-order valence-electron chi connectivity index (χ0n) is 13.3. The van der Waals surface area contributed by atoms with Crippen LogP contribution in [0, 0.1) is 6.92 Å². The van der Waals surface area contributed by atoms with Gasteiger partial charge in [0.1, 0.15) is 5.75 Å². The van der Waals surface area contributed by atoms with Gasteiger partial charge in [0.15, 0.2) is 5.96 Å². The van der Waals surface area contributed by atoms with Gasteiger partial charge in [0.05, 0.1) is 20.2 Å². The highest BCUT2D eigenvalue weighted by molar-refractivity contribution is 7.11. The summed E-state index contributed by atoms with van der Waals surface area (Å²) in [5.41, 5.74) is 1.13. The number of guanidine groups is 1. The number of benzene rings is 1. The zero-order chi connectivity index (χ0) is 15.8. The summed E-state index contributed by atoms with van der Waals surface area (Å²) in [5.74, 6) is 1.69. The Morgan fingerprint density at radius 2 is 2.09 bits per heavy atom. The summed E-state index contributed by atoms with van der Waals surface area (Å²) in [4.78, 5) is 7.26. The Morgan fingerprint density at radius 1 is 1.23 bits per heavy atom. The standard InChI is InChI=1S/C17H23N3OS/c1-4-18-17(20-12-16-9-8-13(2)22-16)19-11-14-6-5-7-15(10-14)21-3/h5-10H,4,11-12H2,1-3H3,(H2,18,19,20). The fraction of sp³-hybridized carbons (Fsp3) is 0.353. The summed E-state index contributed by atoms with van der Waals surface area (Å²) in [7, 11) is 1.68. The van der Waals surface area contributed by atoms with E-state index < -0.39 is 0 Å². The highest BCUT2D eigenvalue weighted by Gasteiger charge is 2.01. The van der Waals surface area contributed by atoms with Crippen molar-refractivity contribution in [2.24, 2.45) is 4.99 Å². The average Bonchev–Trinajstić information content (AvgIpc) is 2.96. The number of hydrogen-bond acceptors (Lipinski definition) is 3. The second kappa shape index (κ2) is 8.44. The van der Waals surface area contributed by atoms with Gasteiger partial charge in [-0.25, -0.2) is 4.99 Å². The molecule has 1 heterocycles. The van der Waals surface area contributed by atoms with E-state index >= 15 is 0 Å². The van der Waals surface area contributed by atoms with Crippen molar-refractivity contribution in [2.45, 2.75) is 26.9 Å². The molecule has 118 valence electrons. The minimum absolute atomic E-state index is 0.621. The highest BCUT2D eigenvalue weighted by Crippen LogP contribution is 2.15. The Morgan fingerprint density at radius 3 is 2.77 bits per heavy atom. The van der Waals surface area contributed by atoms with Crippen LogP contribution in [0.2, 0.25) is 0 Å². The summed E-state index contributed by atoms with van der Waals surface area (Å²) in [6, 6.07) is 12.3. The minimum Gasteiger partial charge on any atom is -0.497 e. The molecule has 0 amide bonds. The molecule has 0 radical (unpaired) electrons. The van der Waals surface area contributed by atoms with Crippen LogP contribution in [0.3, 0.4) is 0 Å². The predicted molar refractivity (Wildman–Crippen MR) is 93.7 cm³/mol. The first kappa shape index (κ1) is 16.4. The molecular formula is C17H23N3OS. The van der Waals surface area contributed by atoms with E-state index in [1.165, 1.54) is 9.75 Å². The van der Waals surface area contributed by atoms with Crippen molar-refractivity contribution < 1.29 is 4.74 Å². The van der Waals surface area contributed by atoms with Gasteiger partial charge in [-0.15, -0.1) is 11.3 Å². The Bertz CT molecular complexity index is 622. The van der Waals surface area contributed by atoms with Gasteiger partial charge in [0.25, 0.3) is 0 Å². The Labute approximate surface area is 136 Å². The SMILES string of the molecule is CCNC(=NCc1cccc(OC)c1)NCc1ccc(C)s1. The van der Waals surface area contributed by atoms with Gasteiger partial charge in [0.2, 0.25) is 0 Å². The van der Waals surface area contributed by atoms with Crippen LogP contribution >= 0.6 is 11.3 Å². The van der Waals surface area contributed by atoms with Gasteiger partial charge in [0, 0.05) is 16.3 Å². The second-order valence-corrected chi connectivity index (χ2v) is 6.29. The second-order valence-electron chi connectivity index (χ2n) is 4.91. The summed E-state index contributed by atoms with van der Waals surface area (Å²) in [6.45, 7) is 6.44. The lowest BCUT2D eigenvalue weighted by Crippen LogP contribution is -2.36. The Hall–Kier alpha value is -2.01. The van der Waals surface area contributed by atoms with Gasteiger partial charge in [-0.05, 0) is 43.7 Å². The first-order valence-electron chi connectivity index (χ1n) is 7.41. The first-order valence-corrected chi connectivity index (χ1v) is 8.23. The predicted octanol–water partition coefficient (Wildman–Crippen LogP) is 3.32. The van der Waals surface area contributed by atoms with Crippen LogP contribution in [0.1, 0.15) is 22.2 Å². The van der Waals surface area contributed by atoms with Crippen molar-refractivity contribution in [2.75, 3.05) is 13.7 Å². The molecule has 0 bridgehead atoms. The molecule has 2 rings (SSSR count). The molecule has 22 heavy (non-hydrogen) atoms. The van der Waals surface area contributed by atoms with Crippen molar-refractivity contribution in [1.82, 2.24) is 10.6 Å². The fourth-order valence-electron chi connectivity index (χ4n) is 2.03. The van der Waals surface area contributed by atoms with Crippen molar-refractivity contribution in [1.29, 1.82) is 0 Å². The molecule has 2 aromatic rings. The number of methoxy groups -OCH3 is 1. The molecule has 0 fully saturated rings. The lowest BCUT2D eigenvalue weighted by molar-refractivity contribution is 0.414. The fourth-order valence-corrected chi connectivity index (χ4v) is 2.86. The zero-order valence-corrected chi connectivity index (χ0v) is 14.2. The molecule has 0 saturated carbocycles. The normalized spacial score (nSPS) is 11.3. The summed E-state index contributed by atoms with van der Waals surface area (Å²) < 4.78 is 5.24. The monoisotopic (exact) mass is 317 g/mol. The maximum atomic E-state index is 5.24. The molecule has 0 aliphatic carbocycles. The molecule has 0 unspecified atom stereocenters. The third-order valence-electron chi connectivity index (χ3n) is 3.12. The van der Waals surface area contributed by atoms with E-state index in [0.29, 0.717) is 6.54 Å². The van der Waals surface area contributed by atoms with E-state index in [-0.39, 0.29) is 0 Å². The quantitative estimate of drug-likeness (QED) is 0.634. The highest BCUT2D eigenvalue weighted by atomic mass is 32.1. The molecule has 1 aromatic carbocycles. The van der Waals surface area contributed by atoms with Gasteiger partial charge in [-0.3, -0.25) is 0 Å². The summed E-state index contributed by atoms with van der Waals surface area (Å²) in [5, 5.41) is 6.64. The Kier molecular flexibility index (Phi) is 6.27. The molecule has 5 heteroatoms. The molecule has 0 saturated heterocycles. The van der Waals surface area contributed by atoms with E-state index in [9.17, 15) is 0 Å². The van der Waals surface area contributed by atoms with E-state index in [1.807, 2.05) is 18.2 Å². The molecule has 4 nitrogen and oxygen atoms in total. The number of nitrogens with zero attached hydrogens (tertiary/aromatic N) is 1. The lowest BCUT2D eigenvalue weighted by Gasteiger charge is -2.10. The van der Waals surface area contributed by atoms with Crippen LogP contribution in [0.25, 0.3) is 0 Å². The lowest BCUT2D eigenvalue weighted by atomic mass is 10.2. The minimum atomic E-state index is 0.621. The maximum absolute atomic E-state index is 5.24. The largest absolute Gasteiger partial charge is 0.497 e. The van der Waals surface area contributed by atoms with Crippen molar-refractivity contribution in [3.05, 3.63) is 51.7 Å². The third kappa shape index (κ3) is 5.07. The van der Waals surface area contributed by atoms with Crippen LogP contribution in [0.15, 0.2) is 41.4 Å². The Balaban J connectivity index is 1.96. The van der Waals surface area contributed by atoms with Gasteiger partial charge >= 0.3 is 0 Å². The third-order valence-corrected chi connectivity index (χ3v) is 4.12. The van der Waals surface area contributed by atoms with Crippen LogP contribution in [0.4, 0.5) is 0 Å². The molecule has 0 spiro atoms. The smallest absolute Gasteiger partial charge is 0.191 e. The van der Waals surface area contributed by atoms with Crippen molar-refractivity contribution in [3.63, 3.8) is 0 Å². The number of nitrogens with one attached hydrogen (secondary N) is 2. The number of thiophene rings is 1. The van der Waals surface area contributed by atoms with E-state index in [2.05, 4.69) is 47.7 Å². The summed E-state index contributed by atoms with van der Waals surface area (Å²) in [6.07, 6.45) is 0.